The van der Waals surface area contributed by atoms with Gasteiger partial charge in [-0.15, -0.1) is 0 Å². The minimum Gasteiger partial charge on any atom is -0.490 e. The van der Waals surface area contributed by atoms with Crippen molar-refractivity contribution in [1.82, 2.24) is 15.2 Å². The maximum absolute atomic E-state index is 13.6. The lowest BCUT2D eigenvalue weighted by Gasteiger charge is -2.33. The van der Waals surface area contributed by atoms with Crippen LogP contribution in [-0.2, 0) is 16.0 Å². The van der Waals surface area contributed by atoms with Gasteiger partial charge in [0.15, 0.2) is 12.2 Å². The van der Waals surface area contributed by atoms with Crippen LogP contribution < -0.4 is 14.8 Å². The molecule has 2 amide bonds. The van der Waals surface area contributed by atoms with Crippen LogP contribution in [0, 0.1) is 5.82 Å². The van der Waals surface area contributed by atoms with Gasteiger partial charge in [-0.05, 0) is 43.9 Å². The van der Waals surface area contributed by atoms with E-state index in [2.05, 4.69) is 10.3 Å². The van der Waals surface area contributed by atoms with Gasteiger partial charge in [0.25, 0.3) is 5.91 Å². The number of nitrogens with one attached hydrogen (secondary N) is 1. The number of benzene rings is 1. The molecular formula is C24H25ClFN3O5. The van der Waals surface area contributed by atoms with E-state index in [0.717, 1.165) is 31.2 Å². The van der Waals surface area contributed by atoms with Crippen molar-refractivity contribution in [3.63, 3.8) is 0 Å². The van der Waals surface area contributed by atoms with Gasteiger partial charge in [-0.3, -0.25) is 9.78 Å². The molecule has 180 valence electrons. The number of rotatable bonds is 6. The van der Waals surface area contributed by atoms with Gasteiger partial charge in [-0.1, -0.05) is 11.6 Å². The molecule has 0 radical (unpaired) electrons. The minimum absolute atomic E-state index is 0.0239. The van der Waals surface area contributed by atoms with E-state index in [9.17, 15) is 14.0 Å². The molecule has 2 unspecified atom stereocenters. The molecule has 1 aromatic carbocycles. The Kier molecular flexibility index (Phi) is 6.45. The van der Waals surface area contributed by atoms with Crippen LogP contribution >= 0.6 is 11.6 Å². The third-order valence-corrected chi connectivity index (χ3v) is 6.86. The number of nitrogens with zero attached hydrogens (tertiary/aromatic N) is 2. The molecule has 2 aliphatic heterocycles. The first-order valence-corrected chi connectivity index (χ1v) is 11.8. The van der Waals surface area contributed by atoms with E-state index in [1.54, 1.807) is 23.4 Å². The predicted molar refractivity (Wildman–Crippen MR) is 120 cm³/mol. The van der Waals surface area contributed by atoms with Crippen molar-refractivity contribution in [2.75, 3.05) is 13.2 Å². The van der Waals surface area contributed by atoms with E-state index in [1.807, 2.05) is 6.07 Å². The van der Waals surface area contributed by atoms with Gasteiger partial charge in [0.1, 0.15) is 23.9 Å². The summed E-state index contributed by atoms with van der Waals surface area (Å²) < 4.78 is 30.3. The Morgan fingerprint density at radius 3 is 2.82 bits per heavy atom. The maximum atomic E-state index is 13.6. The lowest BCUT2D eigenvalue weighted by atomic mass is 9.90. The average Bonchev–Trinajstić information content (AvgIpc) is 3.44. The monoisotopic (exact) mass is 489 g/mol. The first-order valence-electron chi connectivity index (χ1n) is 11.4. The molecule has 10 heteroatoms. The van der Waals surface area contributed by atoms with Crippen molar-refractivity contribution in [2.24, 2.45) is 0 Å². The summed E-state index contributed by atoms with van der Waals surface area (Å²) in [6, 6.07) is 6.17. The minimum atomic E-state index is -0.561. The van der Waals surface area contributed by atoms with Crippen LogP contribution in [0.1, 0.15) is 31.2 Å². The van der Waals surface area contributed by atoms with Gasteiger partial charge >= 0.3 is 6.09 Å². The highest BCUT2D eigenvalue weighted by molar-refractivity contribution is 6.30. The number of hydrogen-bond donors (Lipinski definition) is 1. The predicted octanol–water partition coefficient (Wildman–Crippen LogP) is 3.50. The lowest BCUT2D eigenvalue weighted by Crippen LogP contribution is -2.47. The Labute approximate surface area is 201 Å². The first-order chi connectivity index (χ1) is 16.5. The zero-order valence-corrected chi connectivity index (χ0v) is 19.2. The molecule has 5 rings (SSSR count). The third kappa shape index (κ3) is 4.89. The summed E-state index contributed by atoms with van der Waals surface area (Å²) >= 11 is 5.68. The number of pyridine rings is 1. The molecule has 1 aromatic heterocycles. The second kappa shape index (κ2) is 9.66. The zero-order chi connectivity index (χ0) is 23.7. The number of cyclic esters (lactones) is 1. The van der Waals surface area contributed by atoms with Crippen molar-refractivity contribution in [3.05, 3.63) is 53.1 Å². The average molecular weight is 490 g/mol. The van der Waals surface area contributed by atoms with Crippen LogP contribution in [0.15, 0.2) is 36.7 Å². The van der Waals surface area contributed by atoms with Crippen molar-refractivity contribution < 1.29 is 28.2 Å². The van der Waals surface area contributed by atoms with Gasteiger partial charge in [0.05, 0.1) is 17.8 Å². The number of amides is 2. The molecule has 2 aromatic rings. The van der Waals surface area contributed by atoms with E-state index in [-0.39, 0.29) is 35.7 Å². The molecule has 2 fully saturated rings. The second-order valence-corrected chi connectivity index (χ2v) is 9.26. The molecular weight excluding hydrogens is 465 g/mol. The number of ether oxygens (including phenoxy) is 3. The SMILES string of the molecule is O=C(NC1CCC(N2CC(COc3ccc(Cl)c(F)c3)OC2=O)CC1)C1Cc2ccncc2O1. The van der Waals surface area contributed by atoms with Crippen LogP contribution in [-0.4, -0.2) is 59.3 Å². The van der Waals surface area contributed by atoms with E-state index in [0.29, 0.717) is 24.5 Å². The number of aromatic nitrogens is 1. The summed E-state index contributed by atoms with van der Waals surface area (Å²) in [5.41, 5.74) is 0.992. The van der Waals surface area contributed by atoms with Crippen LogP contribution in [0.2, 0.25) is 5.02 Å². The number of carbonyl (C=O) groups excluding carboxylic acids is 2. The Morgan fingerprint density at radius 1 is 1.24 bits per heavy atom. The Morgan fingerprint density at radius 2 is 2.06 bits per heavy atom. The highest BCUT2D eigenvalue weighted by Crippen LogP contribution is 2.30. The number of carbonyl (C=O) groups is 2. The largest absolute Gasteiger partial charge is 0.490 e. The molecule has 0 spiro atoms. The molecule has 3 aliphatic rings. The molecule has 34 heavy (non-hydrogen) atoms. The van der Waals surface area contributed by atoms with Crippen molar-refractivity contribution >= 4 is 23.6 Å². The number of fused-ring (bicyclic) bond motifs is 1. The van der Waals surface area contributed by atoms with E-state index in [4.69, 9.17) is 25.8 Å². The molecule has 1 saturated carbocycles. The molecule has 8 nitrogen and oxygen atoms in total. The Balaban J connectivity index is 1.06. The fraction of sp³-hybridized carbons (Fsp3) is 0.458. The molecule has 1 N–H and O–H groups in total. The molecule has 3 heterocycles. The lowest BCUT2D eigenvalue weighted by molar-refractivity contribution is -0.128. The Hall–Kier alpha value is -3.07. The molecule has 2 atom stereocenters. The quantitative estimate of drug-likeness (QED) is 0.668. The third-order valence-electron chi connectivity index (χ3n) is 6.55. The number of halogens is 2. The summed E-state index contributed by atoms with van der Waals surface area (Å²) in [6.45, 7) is 0.548. The van der Waals surface area contributed by atoms with E-state index in [1.165, 1.54) is 12.1 Å². The zero-order valence-electron chi connectivity index (χ0n) is 18.4. The smallest absolute Gasteiger partial charge is 0.410 e. The summed E-state index contributed by atoms with van der Waals surface area (Å²) in [5.74, 6) is 0.321. The van der Waals surface area contributed by atoms with Crippen LogP contribution in [0.25, 0.3) is 0 Å². The highest BCUT2D eigenvalue weighted by Gasteiger charge is 2.39. The molecule has 0 bridgehead atoms. The van der Waals surface area contributed by atoms with Gasteiger partial charge < -0.3 is 24.4 Å². The summed E-state index contributed by atoms with van der Waals surface area (Å²) in [6.07, 6.45) is 5.63. The van der Waals surface area contributed by atoms with Gasteiger partial charge in [0, 0.05) is 36.3 Å². The topological polar surface area (TPSA) is 90.0 Å². The Bertz CT molecular complexity index is 1050. The fourth-order valence-corrected chi connectivity index (χ4v) is 4.85. The summed E-state index contributed by atoms with van der Waals surface area (Å²) in [5, 5.41) is 3.12. The number of hydrogen-bond acceptors (Lipinski definition) is 6. The fourth-order valence-electron chi connectivity index (χ4n) is 4.73. The van der Waals surface area contributed by atoms with Crippen LogP contribution in [0.5, 0.6) is 11.5 Å². The molecule has 1 aliphatic carbocycles. The van der Waals surface area contributed by atoms with Crippen molar-refractivity contribution in [1.29, 1.82) is 0 Å². The summed E-state index contributed by atoms with van der Waals surface area (Å²) in [7, 11) is 0. The van der Waals surface area contributed by atoms with E-state index >= 15 is 0 Å². The van der Waals surface area contributed by atoms with Gasteiger partial charge in [-0.25, -0.2) is 9.18 Å². The van der Waals surface area contributed by atoms with Crippen molar-refractivity contribution in [2.45, 2.75) is 56.4 Å². The molecule has 1 saturated heterocycles. The normalized spacial score (nSPS) is 25.9. The maximum Gasteiger partial charge on any atom is 0.410 e. The van der Waals surface area contributed by atoms with Gasteiger partial charge in [-0.2, -0.15) is 0 Å². The standard InChI is InChI=1S/C24H25ClFN3O5/c25-19-6-5-17(10-20(19)26)32-13-18-12-29(24(31)33-18)16-3-1-15(2-4-16)28-23(30)21-9-14-7-8-27-11-22(14)34-21/h5-8,10-11,15-16,18,21H,1-4,9,12-13H2,(H,28,30). The second-order valence-electron chi connectivity index (χ2n) is 8.85. The first kappa shape index (κ1) is 22.7. The van der Waals surface area contributed by atoms with Gasteiger partial charge in [0.2, 0.25) is 0 Å². The summed E-state index contributed by atoms with van der Waals surface area (Å²) in [4.78, 5) is 30.8. The highest BCUT2D eigenvalue weighted by atomic mass is 35.5. The van der Waals surface area contributed by atoms with Crippen LogP contribution in [0.4, 0.5) is 9.18 Å². The van der Waals surface area contributed by atoms with Crippen molar-refractivity contribution in [3.8, 4) is 11.5 Å². The van der Waals surface area contributed by atoms with E-state index < -0.39 is 18.0 Å². The van der Waals surface area contributed by atoms with Crippen LogP contribution in [0.3, 0.4) is 0 Å².